The molecule has 1 atom stereocenters. The van der Waals surface area contributed by atoms with Gasteiger partial charge in [-0.1, -0.05) is 188 Å². The van der Waals surface area contributed by atoms with Gasteiger partial charge < -0.3 is 14.2 Å². The number of carbonyl (C=O) groups is 3. The molecule has 0 rings (SSSR count). The highest BCUT2D eigenvalue weighted by Crippen LogP contribution is 2.12. The van der Waals surface area contributed by atoms with Crippen LogP contribution in [0.5, 0.6) is 0 Å². The van der Waals surface area contributed by atoms with Crippen molar-refractivity contribution in [3.8, 4) is 0 Å². The van der Waals surface area contributed by atoms with E-state index in [0.717, 1.165) is 116 Å². The molecule has 0 aromatic carbocycles. The molecule has 0 saturated carbocycles. The molecule has 344 valence electrons. The van der Waals surface area contributed by atoms with Crippen molar-refractivity contribution < 1.29 is 28.6 Å². The third-order valence-corrected chi connectivity index (χ3v) is 9.77. The van der Waals surface area contributed by atoms with Crippen molar-refractivity contribution in [1.82, 2.24) is 0 Å². The third kappa shape index (κ3) is 47.0. The zero-order valence-corrected chi connectivity index (χ0v) is 39.1. The largest absolute Gasteiger partial charge is 0.462 e. The second-order valence-electron chi connectivity index (χ2n) is 15.6. The molecule has 0 saturated heterocycles. The van der Waals surface area contributed by atoms with Crippen LogP contribution < -0.4 is 0 Å². The van der Waals surface area contributed by atoms with Gasteiger partial charge in [-0.05, 0) is 103 Å². The van der Waals surface area contributed by atoms with Gasteiger partial charge in [0.2, 0.25) is 0 Å². The van der Waals surface area contributed by atoms with Crippen LogP contribution in [0.2, 0.25) is 0 Å². The van der Waals surface area contributed by atoms with E-state index in [1.807, 2.05) is 0 Å². The number of ether oxygens (including phenoxy) is 3. The normalized spacial score (nSPS) is 13.0. The summed E-state index contributed by atoms with van der Waals surface area (Å²) < 4.78 is 16.7. The highest BCUT2D eigenvalue weighted by Gasteiger charge is 2.19. The van der Waals surface area contributed by atoms with Gasteiger partial charge >= 0.3 is 17.9 Å². The average molecular weight is 845 g/mol. The number of allylic oxidation sites excluding steroid dienone is 18. The fraction of sp³-hybridized carbons (Fsp3) is 0.618. The lowest BCUT2D eigenvalue weighted by atomic mass is 10.1. The number of carbonyl (C=O) groups excluding carboxylic acids is 3. The SMILES string of the molecule is CC/C=C\C/C=C\C/C=C\C/C=C\C/C=C\C/C=C\CCCCC(=O)OCC(COC(=O)CCCCCCCCCCC)OC(=O)CCCCC/C=C\C/C=C\C/C=C\CC. The molecule has 0 aromatic heterocycles. The van der Waals surface area contributed by atoms with Crippen LogP contribution in [0.15, 0.2) is 109 Å². The molecule has 0 aliphatic rings. The van der Waals surface area contributed by atoms with Gasteiger partial charge in [0.25, 0.3) is 0 Å². The predicted molar refractivity (Wildman–Crippen MR) is 260 cm³/mol. The van der Waals surface area contributed by atoms with Gasteiger partial charge in [-0.15, -0.1) is 0 Å². The van der Waals surface area contributed by atoms with E-state index >= 15 is 0 Å². The van der Waals surface area contributed by atoms with Gasteiger partial charge in [-0.25, -0.2) is 0 Å². The lowest BCUT2D eigenvalue weighted by Gasteiger charge is -2.18. The van der Waals surface area contributed by atoms with E-state index < -0.39 is 6.10 Å². The number of rotatable bonds is 42. The van der Waals surface area contributed by atoms with Gasteiger partial charge in [-0.2, -0.15) is 0 Å². The predicted octanol–water partition coefficient (Wildman–Crippen LogP) is 16.0. The van der Waals surface area contributed by atoms with Crippen molar-refractivity contribution in [2.75, 3.05) is 13.2 Å². The molecule has 0 aliphatic heterocycles. The topological polar surface area (TPSA) is 78.9 Å². The first kappa shape index (κ1) is 57.1. The molecule has 0 heterocycles. The summed E-state index contributed by atoms with van der Waals surface area (Å²) in [4.78, 5) is 37.8. The van der Waals surface area contributed by atoms with Gasteiger partial charge in [-0.3, -0.25) is 14.4 Å². The Bertz CT molecular complexity index is 1290. The van der Waals surface area contributed by atoms with E-state index in [0.29, 0.717) is 19.3 Å². The van der Waals surface area contributed by atoms with Gasteiger partial charge in [0.15, 0.2) is 6.10 Å². The number of esters is 3. The van der Waals surface area contributed by atoms with Crippen LogP contribution in [0, 0.1) is 0 Å². The first-order chi connectivity index (χ1) is 30.0. The van der Waals surface area contributed by atoms with Gasteiger partial charge in [0.05, 0.1) is 0 Å². The molecule has 1 unspecified atom stereocenters. The smallest absolute Gasteiger partial charge is 0.306 e. The Morgan fingerprint density at radius 2 is 0.639 bits per heavy atom. The van der Waals surface area contributed by atoms with Crippen molar-refractivity contribution in [2.45, 2.75) is 207 Å². The molecule has 0 radical (unpaired) electrons. The summed E-state index contributed by atoms with van der Waals surface area (Å²) in [5, 5.41) is 0. The Morgan fingerprint density at radius 1 is 0.344 bits per heavy atom. The quantitative estimate of drug-likeness (QED) is 0.0264. The van der Waals surface area contributed by atoms with Crippen molar-refractivity contribution in [3.63, 3.8) is 0 Å². The summed E-state index contributed by atoms with van der Waals surface area (Å²) in [5.74, 6) is -0.992. The summed E-state index contributed by atoms with van der Waals surface area (Å²) in [6.07, 6.45) is 65.1. The molecule has 6 heteroatoms. The van der Waals surface area contributed by atoms with Crippen LogP contribution in [0.3, 0.4) is 0 Å². The summed E-state index contributed by atoms with van der Waals surface area (Å²) >= 11 is 0. The maximum absolute atomic E-state index is 12.7. The minimum absolute atomic E-state index is 0.105. The lowest BCUT2D eigenvalue weighted by molar-refractivity contribution is -0.167. The zero-order valence-electron chi connectivity index (χ0n) is 39.1. The average Bonchev–Trinajstić information content (AvgIpc) is 3.26. The highest BCUT2D eigenvalue weighted by atomic mass is 16.6. The van der Waals surface area contributed by atoms with Gasteiger partial charge in [0, 0.05) is 19.3 Å². The molecule has 0 spiro atoms. The molecule has 0 N–H and O–H groups in total. The minimum atomic E-state index is -0.809. The second kappa shape index (κ2) is 48.7. The van der Waals surface area contributed by atoms with E-state index in [1.54, 1.807) is 0 Å². The maximum Gasteiger partial charge on any atom is 0.306 e. The van der Waals surface area contributed by atoms with Crippen molar-refractivity contribution in [1.29, 1.82) is 0 Å². The zero-order chi connectivity index (χ0) is 44.4. The first-order valence-electron chi connectivity index (χ1n) is 24.4. The van der Waals surface area contributed by atoms with E-state index in [1.165, 1.54) is 38.5 Å². The Kier molecular flexibility index (Phi) is 45.6. The fourth-order valence-corrected chi connectivity index (χ4v) is 6.16. The van der Waals surface area contributed by atoms with E-state index in [9.17, 15) is 14.4 Å². The molecule has 0 bridgehead atoms. The van der Waals surface area contributed by atoms with Crippen molar-refractivity contribution in [3.05, 3.63) is 109 Å². The van der Waals surface area contributed by atoms with Crippen molar-refractivity contribution >= 4 is 17.9 Å². The Hall–Kier alpha value is -3.93. The number of unbranched alkanes of at least 4 members (excludes halogenated alkanes) is 13. The third-order valence-electron chi connectivity index (χ3n) is 9.77. The van der Waals surface area contributed by atoms with E-state index in [2.05, 4.69) is 130 Å². The molecule has 0 aromatic rings. The van der Waals surface area contributed by atoms with Crippen LogP contribution in [0.4, 0.5) is 0 Å². The molecular weight excluding hydrogens is 757 g/mol. The fourth-order valence-electron chi connectivity index (χ4n) is 6.16. The number of hydrogen-bond donors (Lipinski definition) is 0. The minimum Gasteiger partial charge on any atom is -0.462 e. The number of hydrogen-bond acceptors (Lipinski definition) is 6. The Morgan fingerprint density at radius 3 is 1.03 bits per heavy atom. The van der Waals surface area contributed by atoms with Crippen LogP contribution in [-0.2, 0) is 28.6 Å². The molecule has 0 amide bonds. The van der Waals surface area contributed by atoms with Crippen molar-refractivity contribution in [2.24, 2.45) is 0 Å². The molecule has 61 heavy (non-hydrogen) atoms. The molecule has 0 fully saturated rings. The Labute approximate surface area is 374 Å². The standard InChI is InChI=1S/C55H88O6/c1-4-7-10-13-16-19-21-23-24-25-26-27-28-29-30-32-33-36-39-42-45-48-54(57)60-51-52(50-59-53(56)47-44-41-38-35-18-15-12-9-6-3)61-55(58)49-46-43-40-37-34-31-22-20-17-14-11-8-5-2/h7-8,10-11,16-17,19-20,23-24,26-27,29-31,33-34,36,52H,4-6,9,12-15,18,21-22,25,28,32,35,37-51H2,1-3H3/b10-7-,11-8-,19-16-,20-17-,24-23-,27-26-,30-29-,34-31-,36-33-. The second-order valence-corrected chi connectivity index (χ2v) is 15.6. The molecular formula is C55H88O6. The summed E-state index contributed by atoms with van der Waals surface area (Å²) in [6, 6.07) is 0. The van der Waals surface area contributed by atoms with E-state index in [-0.39, 0.29) is 37.5 Å². The Balaban J connectivity index is 4.46. The molecule has 6 nitrogen and oxygen atoms in total. The van der Waals surface area contributed by atoms with Crippen LogP contribution in [0.1, 0.15) is 201 Å². The van der Waals surface area contributed by atoms with Crippen LogP contribution >= 0.6 is 0 Å². The summed E-state index contributed by atoms with van der Waals surface area (Å²) in [6.45, 7) is 6.30. The van der Waals surface area contributed by atoms with Gasteiger partial charge in [0.1, 0.15) is 13.2 Å². The van der Waals surface area contributed by atoms with Crippen LogP contribution in [-0.4, -0.2) is 37.2 Å². The first-order valence-corrected chi connectivity index (χ1v) is 24.4. The maximum atomic E-state index is 12.7. The van der Waals surface area contributed by atoms with E-state index in [4.69, 9.17) is 14.2 Å². The lowest BCUT2D eigenvalue weighted by Crippen LogP contribution is -2.30. The summed E-state index contributed by atoms with van der Waals surface area (Å²) in [7, 11) is 0. The highest BCUT2D eigenvalue weighted by molar-refractivity contribution is 5.71. The monoisotopic (exact) mass is 845 g/mol. The molecule has 0 aliphatic carbocycles. The summed E-state index contributed by atoms with van der Waals surface area (Å²) in [5.41, 5.74) is 0. The van der Waals surface area contributed by atoms with Crippen LogP contribution in [0.25, 0.3) is 0 Å².